The molecule has 0 N–H and O–H groups in total. The van der Waals surface area contributed by atoms with E-state index in [1.54, 1.807) is 23.6 Å². The molecule has 2 aromatic carbocycles. The Kier molecular flexibility index (Phi) is 10.4. The first-order valence-electron chi connectivity index (χ1n) is 17.4. The molecule has 0 unspecified atom stereocenters. The maximum atomic E-state index is 13.9. The second-order valence-electron chi connectivity index (χ2n) is 15.2. The lowest BCUT2D eigenvalue weighted by Crippen LogP contribution is -2.57. The summed E-state index contributed by atoms with van der Waals surface area (Å²) < 4.78 is 11.8. The molecule has 3 aliphatic rings. The summed E-state index contributed by atoms with van der Waals surface area (Å²) in [5.74, 6) is 1.19. The molecule has 9 nitrogen and oxygen atoms in total. The number of rotatable bonds is 9. The number of nitrogens with zero attached hydrogens (tertiary/aromatic N) is 4. The highest BCUT2D eigenvalue weighted by Crippen LogP contribution is 2.34. The van der Waals surface area contributed by atoms with Crippen molar-refractivity contribution in [3.8, 4) is 5.75 Å². The maximum absolute atomic E-state index is 13.9. The number of benzene rings is 2. The summed E-state index contributed by atoms with van der Waals surface area (Å²) in [5.41, 5.74) is 1.85. The molecule has 1 aliphatic carbocycles. The highest BCUT2D eigenvalue weighted by atomic mass is 16.6. The van der Waals surface area contributed by atoms with Crippen molar-refractivity contribution in [3.63, 3.8) is 0 Å². The third-order valence-corrected chi connectivity index (χ3v) is 9.33. The summed E-state index contributed by atoms with van der Waals surface area (Å²) in [4.78, 5) is 47.8. The van der Waals surface area contributed by atoms with E-state index in [-0.39, 0.29) is 23.8 Å². The first-order valence-corrected chi connectivity index (χ1v) is 17.4. The van der Waals surface area contributed by atoms with E-state index < -0.39 is 11.2 Å². The van der Waals surface area contributed by atoms with Crippen LogP contribution in [0.15, 0.2) is 48.5 Å². The molecule has 2 saturated heterocycles. The minimum absolute atomic E-state index is 0.0544. The van der Waals surface area contributed by atoms with Gasteiger partial charge in [0.25, 0.3) is 5.91 Å². The van der Waals surface area contributed by atoms with Crippen molar-refractivity contribution in [2.45, 2.75) is 104 Å². The molecule has 3 fully saturated rings. The number of hydrogen-bond donors (Lipinski definition) is 0. The van der Waals surface area contributed by atoms with E-state index >= 15 is 0 Å². The first-order chi connectivity index (χ1) is 22.2. The predicted octanol–water partition coefficient (Wildman–Crippen LogP) is 6.45. The molecular formula is C38H54N4O5. The smallest absolute Gasteiger partial charge is 0.410 e. The van der Waals surface area contributed by atoms with Gasteiger partial charge in [-0.05, 0) is 89.5 Å². The van der Waals surface area contributed by atoms with Crippen LogP contribution in [0.3, 0.4) is 0 Å². The Labute approximate surface area is 281 Å². The van der Waals surface area contributed by atoms with Crippen molar-refractivity contribution in [2.24, 2.45) is 5.92 Å². The lowest BCUT2D eigenvalue weighted by Gasteiger charge is -2.39. The van der Waals surface area contributed by atoms with Crippen molar-refractivity contribution in [1.82, 2.24) is 14.7 Å². The predicted molar refractivity (Wildman–Crippen MR) is 185 cm³/mol. The van der Waals surface area contributed by atoms with Crippen LogP contribution in [0, 0.1) is 5.92 Å². The van der Waals surface area contributed by atoms with E-state index in [4.69, 9.17) is 9.47 Å². The summed E-state index contributed by atoms with van der Waals surface area (Å²) in [5, 5.41) is 0. The van der Waals surface area contributed by atoms with Gasteiger partial charge in [0.2, 0.25) is 5.91 Å². The van der Waals surface area contributed by atoms with Gasteiger partial charge in [0.05, 0.1) is 5.92 Å². The van der Waals surface area contributed by atoms with E-state index in [0.717, 1.165) is 37.9 Å². The zero-order chi connectivity index (χ0) is 33.9. The largest absolute Gasteiger partial charge is 0.478 e. The molecule has 0 bridgehead atoms. The molecule has 0 aromatic heterocycles. The highest BCUT2D eigenvalue weighted by molar-refractivity contribution is 5.85. The number of amides is 3. The summed E-state index contributed by atoms with van der Waals surface area (Å²) in [6.07, 6.45) is 3.65. The molecule has 9 heteroatoms. The molecule has 1 atom stereocenters. The molecule has 0 spiro atoms. The zero-order valence-corrected chi connectivity index (χ0v) is 29.5. The van der Waals surface area contributed by atoms with Crippen LogP contribution >= 0.6 is 0 Å². The fourth-order valence-electron chi connectivity index (χ4n) is 6.51. The van der Waals surface area contributed by atoms with Crippen LogP contribution in [-0.4, -0.2) is 89.1 Å². The topological polar surface area (TPSA) is 82.6 Å². The molecule has 2 heterocycles. The molecular weight excluding hydrogens is 592 g/mol. The van der Waals surface area contributed by atoms with Crippen molar-refractivity contribution in [1.29, 1.82) is 0 Å². The third-order valence-electron chi connectivity index (χ3n) is 9.33. The Morgan fingerprint density at radius 1 is 0.872 bits per heavy atom. The molecule has 0 radical (unpaired) electrons. The van der Waals surface area contributed by atoms with Gasteiger partial charge < -0.3 is 29.1 Å². The second kappa shape index (κ2) is 14.2. The maximum Gasteiger partial charge on any atom is 0.410 e. The SMILES string of the molecule is CC(C)c1ccc(CN(C(=O)[C@H]2CCCN(c3cccc(OC(C)(C)C(=O)N4CCN(C(=O)OC(C)(C)C)CC4)c3)C2)C2CC2)cc1. The average Bonchev–Trinajstić information content (AvgIpc) is 3.88. The summed E-state index contributed by atoms with van der Waals surface area (Å²) in [6.45, 7) is 17.4. The van der Waals surface area contributed by atoms with Gasteiger partial charge in [-0.15, -0.1) is 0 Å². The molecule has 47 heavy (non-hydrogen) atoms. The Morgan fingerprint density at radius 3 is 2.15 bits per heavy atom. The van der Waals surface area contributed by atoms with Crippen LogP contribution in [0.25, 0.3) is 0 Å². The van der Waals surface area contributed by atoms with E-state index in [0.29, 0.717) is 57.0 Å². The standard InChI is InChI=1S/C38H54N4O5/c1-27(2)29-15-13-28(14-16-29)25-42(31-17-18-31)34(43)30-10-9-19-41(26-30)32-11-8-12-33(24-32)46-38(6,7)35(44)39-20-22-40(23-21-39)36(45)47-37(3,4)5/h8,11-16,24,27,30-31H,9-10,17-23,25-26H2,1-7H3/t30-/m0/s1. The monoisotopic (exact) mass is 646 g/mol. The minimum Gasteiger partial charge on any atom is -0.478 e. The van der Waals surface area contributed by atoms with Crippen molar-refractivity contribution in [2.75, 3.05) is 44.2 Å². The third kappa shape index (κ3) is 8.99. The van der Waals surface area contributed by atoms with E-state index in [1.165, 1.54) is 11.1 Å². The van der Waals surface area contributed by atoms with Crippen LogP contribution in [0.4, 0.5) is 10.5 Å². The molecule has 2 aromatic rings. The zero-order valence-electron chi connectivity index (χ0n) is 29.5. The van der Waals surface area contributed by atoms with E-state index in [2.05, 4.69) is 54.0 Å². The number of ether oxygens (including phenoxy) is 2. The van der Waals surface area contributed by atoms with Gasteiger partial charge in [0.15, 0.2) is 5.60 Å². The van der Waals surface area contributed by atoms with Gasteiger partial charge in [-0.2, -0.15) is 0 Å². The number of carbonyl (C=O) groups excluding carboxylic acids is 3. The molecule has 2 aliphatic heterocycles. The number of hydrogen-bond acceptors (Lipinski definition) is 6. The summed E-state index contributed by atoms with van der Waals surface area (Å²) in [6, 6.07) is 16.9. The van der Waals surface area contributed by atoms with Crippen LogP contribution in [0.1, 0.15) is 91.2 Å². The van der Waals surface area contributed by atoms with Gasteiger partial charge in [-0.1, -0.05) is 44.2 Å². The van der Waals surface area contributed by atoms with Gasteiger partial charge in [0.1, 0.15) is 11.4 Å². The van der Waals surface area contributed by atoms with Crippen molar-refractivity contribution < 1.29 is 23.9 Å². The lowest BCUT2D eigenvalue weighted by molar-refractivity contribution is -0.147. The van der Waals surface area contributed by atoms with Crippen LogP contribution in [-0.2, 0) is 20.9 Å². The Bertz CT molecular complexity index is 1400. The Balaban J connectivity index is 1.18. The molecule has 1 saturated carbocycles. The number of piperidine rings is 1. The minimum atomic E-state index is -1.09. The molecule has 3 amide bonds. The highest BCUT2D eigenvalue weighted by Gasteiger charge is 2.39. The number of carbonyl (C=O) groups is 3. The van der Waals surface area contributed by atoms with Gasteiger partial charge >= 0.3 is 6.09 Å². The Morgan fingerprint density at radius 2 is 1.53 bits per heavy atom. The summed E-state index contributed by atoms with van der Waals surface area (Å²) in [7, 11) is 0. The van der Waals surface area contributed by atoms with Crippen LogP contribution < -0.4 is 9.64 Å². The Hall–Kier alpha value is -3.75. The van der Waals surface area contributed by atoms with Crippen molar-refractivity contribution in [3.05, 3.63) is 59.7 Å². The van der Waals surface area contributed by atoms with E-state index in [1.807, 2.05) is 39.0 Å². The molecule has 5 rings (SSSR count). The van der Waals surface area contributed by atoms with E-state index in [9.17, 15) is 14.4 Å². The number of anilines is 1. The molecule has 256 valence electrons. The van der Waals surface area contributed by atoms with Crippen LogP contribution in [0.5, 0.6) is 5.75 Å². The first kappa shape index (κ1) is 34.6. The lowest BCUT2D eigenvalue weighted by atomic mass is 9.95. The number of piperazine rings is 1. The van der Waals surface area contributed by atoms with Crippen molar-refractivity contribution >= 4 is 23.6 Å². The average molecular weight is 647 g/mol. The fourth-order valence-corrected chi connectivity index (χ4v) is 6.51. The second-order valence-corrected chi connectivity index (χ2v) is 15.2. The van der Waals surface area contributed by atoms with Gasteiger partial charge in [0, 0.05) is 63.6 Å². The summed E-state index contributed by atoms with van der Waals surface area (Å²) >= 11 is 0. The van der Waals surface area contributed by atoms with Gasteiger partial charge in [-0.25, -0.2) is 4.79 Å². The quantitative estimate of drug-likeness (QED) is 0.311. The van der Waals surface area contributed by atoms with Crippen LogP contribution in [0.2, 0.25) is 0 Å². The van der Waals surface area contributed by atoms with Gasteiger partial charge in [-0.3, -0.25) is 9.59 Å². The normalized spacial score (nSPS) is 19.1. The fraction of sp³-hybridized carbons (Fsp3) is 0.605.